The number of carbonyl (C=O) groups is 2. The first kappa shape index (κ1) is 19.2. The van der Waals surface area contributed by atoms with Gasteiger partial charge in [-0.1, -0.05) is 39.8 Å². The smallest absolute Gasteiger partial charge is 0.315 e. The van der Waals surface area contributed by atoms with Crippen molar-refractivity contribution in [3.63, 3.8) is 0 Å². The van der Waals surface area contributed by atoms with E-state index in [1.807, 2.05) is 27.7 Å². The third-order valence-electron chi connectivity index (χ3n) is 4.52. The molecule has 6 heteroatoms. The summed E-state index contributed by atoms with van der Waals surface area (Å²) in [7, 11) is 0. The summed E-state index contributed by atoms with van der Waals surface area (Å²) in [6.07, 6.45) is 1.24. The summed E-state index contributed by atoms with van der Waals surface area (Å²) in [6.45, 7) is 9.15. The number of benzene rings is 1. The van der Waals surface area contributed by atoms with Crippen molar-refractivity contribution in [1.82, 2.24) is 15.5 Å². The second-order valence-electron chi connectivity index (χ2n) is 7.65. The summed E-state index contributed by atoms with van der Waals surface area (Å²) < 4.78 is 13.2. The molecule has 2 N–H and O–H groups in total. The van der Waals surface area contributed by atoms with Crippen LogP contribution in [0.3, 0.4) is 0 Å². The molecule has 1 saturated heterocycles. The molecule has 1 aromatic carbocycles. The summed E-state index contributed by atoms with van der Waals surface area (Å²) in [6, 6.07) is 5.65. The van der Waals surface area contributed by atoms with Gasteiger partial charge in [-0.15, -0.1) is 0 Å². The number of hydrogen-bond donors (Lipinski definition) is 2. The molecule has 0 spiro atoms. The largest absolute Gasteiger partial charge is 0.341 e. The standard InChI is InChI=1S/C19H28FN3O2/c1-5-16(24)23-11-10-15(12-23)21-18(25)22-17(19(2,3)4)13-6-8-14(20)9-7-13/h6-9,15,17H,5,10-12H2,1-4H3,(H2,21,22,25). The molecule has 0 saturated carbocycles. The van der Waals surface area contributed by atoms with Gasteiger partial charge in [0.2, 0.25) is 5.91 Å². The minimum Gasteiger partial charge on any atom is -0.341 e. The van der Waals surface area contributed by atoms with Crippen LogP contribution in [-0.2, 0) is 4.79 Å². The molecule has 1 fully saturated rings. The van der Waals surface area contributed by atoms with E-state index in [1.165, 1.54) is 12.1 Å². The third-order valence-corrected chi connectivity index (χ3v) is 4.52. The van der Waals surface area contributed by atoms with Crippen molar-refractivity contribution in [2.75, 3.05) is 13.1 Å². The maximum absolute atomic E-state index is 13.2. The first-order chi connectivity index (χ1) is 11.7. The Bertz CT molecular complexity index is 610. The lowest BCUT2D eigenvalue weighted by Crippen LogP contribution is -2.47. The van der Waals surface area contributed by atoms with E-state index >= 15 is 0 Å². The molecule has 2 unspecified atom stereocenters. The number of hydrogen-bond acceptors (Lipinski definition) is 2. The van der Waals surface area contributed by atoms with Crippen LogP contribution in [0.5, 0.6) is 0 Å². The number of amides is 3. The van der Waals surface area contributed by atoms with Gasteiger partial charge >= 0.3 is 6.03 Å². The van der Waals surface area contributed by atoms with Gasteiger partial charge < -0.3 is 15.5 Å². The van der Waals surface area contributed by atoms with Crippen LogP contribution in [0, 0.1) is 11.2 Å². The average molecular weight is 349 g/mol. The van der Waals surface area contributed by atoms with E-state index < -0.39 is 0 Å². The molecule has 0 bridgehead atoms. The second kappa shape index (κ2) is 7.85. The fourth-order valence-electron chi connectivity index (χ4n) is 3.14. The highest BCUT2D eigenvalue weighted by atomic mass is 19.1. The van der Waals surface area contributed by atoms with Crippen LogP contribution in [-0.4, -0.2) is 36.0 Å². The number of urea groups is 1. The maximum atomic E-state index is 13.2. The Morgan fingerprint density at radius 2 is 1.92 bits per heavy atom. The molecule has 0 radical (unpaired) electrons. The van der Waals surface area contributed by atoms with Crippen molar-refractivity contribution < 1.29 is 14.0 Å². The van der Waals surface area contributed by atoms with Crippen LogP contribution >= 0.6 is 0 Å². The molecule has 2 rings (SSSR count). The third kappa shape index (κ3) is 5.18. The molecule has 0 aliphatic carbocycles. The zero-order chi connectivity index (χ0) is 18.6. The van der Waals surface area contributed by atoms with Gasteiger partial charge in [-0.3, -0.25) is 4.79 Å². The van der Waals surface area contributed by atoms with E-state index in [1.54, 1.807) is 17.0 Å². The van der Waals surface area contributed by atoms with E-state index in [-0.39, 0.29) is 35.3 Å². The average Bonchev–Trinajstić information content (AvgIpc) is 3.00. The molecule has 5 nitrogen and oxygen atoms in total. The molecule has 2 atom stereocenters. The number of nitrogens with zero attached hydrogens (tertiary/aromatic N) is 1. The van der Waals surface area contributed by atoms with Gasteiger partial charge in [0.1, 0.15) is 5.82 Å². The van der Waals surface area contributed by atoms with Gasteiger partial charge in [-0.05, 0) is 29.5 Å². The fourth-order valence-corrected chi connectivity index (χ4v) is 3.14. The summed E-state index contributed by atoms with van der Waals surface area (Å²) in [5.74, 6) is -0.184. The Morgan fingerprint density at radius 3 is 2.48 bits per heavy atom. The van der Waals surface area contributed by atoms with Crippen LogP contribution in [0.2, 0.25) is 0 Å². The number of halogens is 1. The van der Waals surface area contributed by atoms with Gasteiger partial charge in [0.05, 0.1) is 6.04 Å². The van der Waals surface area contributed by atoms with Crippen LogP contribution in [0.4, 0.5) is 9.18 Å². The van der Waals surface area contributed by atoms with Crippen LogP contribution in [0.25, 0.3) is 0 Å². The zero-order valence-electron chi connectivity index (χ0n) is 15.4. The Labute approximate surface area is 149 Å². The number of carbonyl (C=O) groups excluding carboxylic acids is 2. The van der Waals surface area contributed by atoms with Gasteiger partial charge in [0.15, 0.2) is 0 Å². The first-order valence-corrected chi connectivity index (χ1v) is 8.81. The van der Waals surface area contributed by atoms with Gasteiger partial charge in [0, 0.05) is 25.6 Å². The molecule has 3 amide bonds. The molecule has 25 heavy (non-hydrogen) atoms. The maximum Gasteiger partial charge on any atom is 0.315 e. The van der Waals surface area contributed by atoms with Crippen molar-refractivity contribution >= 4 is 11.9 Å². The SMILES string of the molecule is CCC(=O)N1CCC(NC(=O)NC(c2ccc(F)cc2)C(C)(C)C)C1. The Kier molecular flexibility index (Phi) is 6.03. The topological polar surface area (TPSA) is 61.4 Å². The van der Waals surface area contributed by atoms with Crippen molar-refractivity contribution in [2.45, 2.75) is 52.6 Å². The van der Waals surface area contributed by atoms with E-state index in [0.29, 0.717) is 19.5 Å². The molecular weight excluding hydrogens is 321 g/mol. The Morgan fingerprint density at radius 1 is 1.28 bits per heavy atom. The van der Waals surface area contributed by atoms with E-state index in [2.05, 4.69) is 10.6 Å². The number of nitrogens with one attached hydrogen (secondary N) is 2. The zero-order valence-corrected chi connectivity index (χ0v) is 15.4. The molecule has 0 aromatic heterocycles. The normalized spacial score (nSPS) is 18.8. The highest BCUT2D eigenvalue weighted by molar-refractivity contribution is 5.77. The van der Waals surface area contributed by atoms with Crippen molar-refractivity contribution in [1.29, 1.82) is 0 Å². The monoisotopic (exact) mass is 349 g/mol. The van der Waals surface area contributed by atoms with Crippen molar-refractivity contribution in [3.8, 4) is 0 Å². The Balaban J connectivity index is 1.99. The quantitative estimate of drug-likeness (QED) is 0.877. The van der Waals surface area contributed by atoms with Gasteiger partial charge in [-0.2, -0.15) is 0 Å². The minimum atomic E-state index is -0.299. The molecule has 1 aliphatic heterocycles. The lowest BCUT2D eigenvalue weighted by molar-refractivity contribution is -0.129. The molecular formula is C19H28FN3O2. The van der Waals surface area contributed by atoms with E-state index in [4.69, 9.17) is 0 Å². The van der Waals surface area contributed by atoms with Crippen LogP contribution in [0.1, 0.15) is 52.1 Å². The first-order valence-electron chi connectivity index (χ1n) is 8.81. The van der Waals surface area contributed by atoms with Gasteiger partial charge in [-0.25, -0.2) is 9.18 Å². The van der Waals surface area contributed by atoms with E-state index in [9.17, 15) is 14.0 Å². The number of likely N-dealkylation sites (tertiary alicyclic amines) is 1. The summed E-state index contributed by atoms with van der Waals surface area (Å²) in [5, 5.41) is 5.96. The fraction of sp³-hybridized carbons (Fsp3) is 0.579. The highest BCUT2D eigenvalue weighted by Gasteiger charge is 2.30. The molecule has 1 heterocycles. The summed E-state index contributed by atoms with van der Waals surface area (Å²) in [4.78, 5) is 26.0. The summed E-state index contributed by atoms with van der Waals surface area (Å²) >= 11 is 0. The molecule has 1 aromatic rings. The Hall–Kier alpha value is -2.11. The lowest BCUT2D eigenvalue weighted by Gasteiger charge is -2.32. The minimum absolute atomic E-state index is 0.0377. The van der Waals surface area contributed by atoms with E-state index in [0.717, 1.165) is 12.0 Å². The van der Waals surface area contributed by atoms with Gasteiger partial charge in [0.25, 0.3) is 0 Å². The van der Waals surface area contributed by atoms with Crippen molar-refractivity contribution in [3.05, 3.63) is 35.6 Å². The summed E-state index contributed by atoms with van der Waals surface area (Å²) in [5.41, 5.74) is 0.632. The lowest BCUT2D eigenvalue weighted by atomic mass is 9.82. The predicted molar refractivity (Wildman–Crippen MR) is 95.5 cm³/mol. The number of rotatable bonds is 4. The van der Waals surface area contributed by atoms with Crippen molar-refractivity contribution in [2.24, 2.45) is 5.41 Å². The molecule has 1 aliphatic rings. The highest BCUT2D eigenvalue weighted by Crippen LogP contribution is 2.32. The van der Waals surface area contributed by atoms with Crippen LogP contribution in [0.15, 0.2) is 24.3 Å². The second-order valence-corrected chi connectivity index (χ2v) is 7.65. The molecule has 138 valence electrons. The predicted octanol–water partition coefficient (Wildman–Crippen LogP) is 3.22. The van der Waals surface area contributed by atoms with Crippen LogP contribution < -0.4 is 10.6 Å².